The Bertz CT molecular complexity index is 771. The second kappa shape index (κ2) is 11.5. The average Bonchev–Trinajstić information content (AvgIpc) is 3.35. The van der Waals surface area contributed by atoms with Gasteiger partial charge in [-0.25, -0.2) is 0 Å². The Morgan fingerprint density at radius 2 is 1.97 bits per heavy atom. The molecule has 170 valence electrons. The molecule has 9 nitrogen and oxygen atoms in total. The molecule has 0 bridgehead atoms. The summed E-state index contributed by atoms with van der Waals surface area (Å²) in [5.74, 6) is 1.42. The number of guanidine groups is 1. The number of benzene rings is 1. The van der Waals surface area contributed by atoms with Gasteiger partial charge < -0.3 is 29.9 Å². The van der Waals surface area contributed by atoms with Crippen molar-refractivity contribution in [2.24, 2.45) is 4.99 Å². The van der Waals surface area contributed by atoms with Crippen molar-refractivity contribution in [1.82, 2.24) is 20.4 Å². The number of methoxy groups -OCH3 is 1. The number of piperazine rings is 1. The summed E-state index contributed by atoms with van der Waals surface area (Å²) in [7, 11) is 1.58. The van der Waals surface area contributed by atoms with Gasteiger partial charge in [-0.2, -0.15) is 0 Å². The van der Waals surface area contributed by atoms with Crippen molar-refractivity contribution >= 4 is 17.8 Å². The maximum absolute atomic E-state index is 12.5. The minimum Gasteiger partial charge on any atom is -0.497 e. The fourth-order valence-electron chi connectivity index (χ4n) is 3.74. The second-order valence-corrected chi connectivity index (χ2v) is 7.54. The largest absolute Gasteiger partial charge is 0.497 e. The topological polar surface area (TPSA) is 95.5 Å². The van der Waals surface area contributed by atoms with Crippen molar-refractivity contribution in [3.63, 3.8) is 0 Å². The third-order valence-corrected chi connectivity index (χ3v) is 5.42. The SMILES string of the molecule is CCNC(=NCCNC(=O)c1cccc(OC)c1)N1CCN(C(=O)C2CCCO2)CC1. The molecule has 2 heterocycles. The van der Waals surface area contributed by atoms with Crippen LogP contribution >= 0.6 is 0 Å². The Morgan fingerprint density at radius 1 is 1.19 bits per heavy atom. The number of nitrogens with zero attached hydrogens (tertiary/aromatic N) is 3. The van der Waals surface area contributed by atoms with E-state index in [0.29, 0.717) is 44.1 Å². The highest BCUT2D eigenvalue weighted by molar-refractivity contribution is 5.94. The zero-order valence-corrected chi connectivity index (χ0v) is 18.4. The summed E-state index contributed by atoms with van der Waals surface area (Å²) in [6.07, 6.45) is 1.52. The molecule has 9 heteroatoms. The van der Waals surface area contributed by atoms with Crippen LogP contribution in [0.2, 0.25) is 0 Å². The summed E-state index contributed by atoms with van der Waals surface area (Å²) in [6, 6.07) is 7.05. The summed E-state index contributed by atoms with van der Waals surface area (Å²) >= 11 is 0. The van der Waals surface area contributed by atoms with Crippen LogP contribution in [0.5, 0.6) is 5.75 Å². The minimum absolute atomic E-state index is 0.111. The number of ether oxygens (including phenoxy) is 2. The van der Waals surface area contributed by atoms with Gasteiger partial charge in [0.15, 0.2) is 5.96 Å². The first-order valence-corrected chi connectivity index (χ1v) is 11.0. The van der Waals surface area contributed by atoms with Gasteiger partial charge in [0.2, 0.25) is 0 Å². The molecule has 0 radical (unpaired) electrons. The van der Waals surface area contributed by atoms with Crippen LogP contribution in [0.15, 0.2) is 29.3 Å². The van der Waals surface area contributed by atoms with Crippen molar-refractivity contribution in [3.05, 3.63) is 29.8 Å². The Hall–Kier alpha value is -2.81. The van der Waals surface area contributed by atoms with Crippen molar-refractivity contribution in [3.8, 4) is 5.75 Å². The molecule has 0 spiro atoms. The van der Waals surface area contributed by atoms with Crippen LogP contribution in [0, 0.1) is 0 Å². The number of rotatable bonds is 7. The lowest BCUT2D eigenvalue weighted by atomic mass is 10.2. The Labute approximate surface area is 183 Å². The number of hydrogen-bond acceptors (Lipinski definition) is 5. The molecule has 1 aromatic carbocycles. The predicted octanol–water partition coefficient (Wildman–Crippen LogP) is 0.714. The maximum atomic E-state index is 12.5. The molecular weight excluding hydrogens is 398 g/mol. The van der Waals surface area contributed by atoms with Gasteiger partial charge in [-0.05, 0) is 38.0 Å². The van der Waals surface area contributed by atoms with Crippen LogP contribution in [-0.2, 0) is 9.53 Å². The van der Waals surface area contributed by atoms with Crippen molar-refractivity contribution in [1.29, 1.82) is 0 Å². The predicted molar refractivity (Wildman–Crippen MR) is 118 cm³/mol. The summed E-state index contributed by atoms with van der Waals surface area (Å²) in [4.78, 5) is 33.5. The molecular formula is C22H33N5O4. The monoisotopic (exact) mass is 431 g/mol. The van der Waals surface area contributed by atoms with E-state index in [1.807, 2.05) is 11.8 Å². The molecule has 2 fully saturated rings. The molecule has 0 aliphatic carbocycles. The second-order valence-electron chi connectivity index (χ2n) is 7.54. The van der Waals surface area contributed by atoms with E-state index in [0.717, 1.165) is 38.4 Å². The van der Waals surface area contributed by atoms with Gasteiger partial charge in [0.25, 0.3) is 11.8 Å². The highest BCUT2D eigenvalue weighted by Crippen LogP contribution is 2.16. The number of carbonyl (C=O) groups is 2. The molecule has 2 saturated heterocycles. The Balaban J connectivity index is 1.46. The van der Waals surface area contributed by atoms with Gasteiger partial charge in [-0.3, -0.25) is 14.6 Å². The first-order chi connectivity index (χ1) is 15.1. The van der Waals surface area contributed by atoms with Gasteiger partial charge in [0.1, 0.15) is 11.9 Å². The van der Waals surface area contributed by atoms with E-state index in [4.69, 9.17) is 9.47 Å². The lowest BCUT2D eigenvalue weighted by Gasteiger charge is -2.37. The Morgan fingerprint density at radius 3 is 2.65 bits per heavy atom. The molecule has 2 aliphatic heterocycles. The number of carbonyl (C=O) groups excluding carboxylic acids is 2. The van der Waals surface area contributed by atoms with Gasteiger partial charge in [0.05, 0.1) is 13.7 Å². The summed E-state index contributed by atoms with van der Waals surface area (Å²) in [5.41, 5.74) is 0.558. The molecule has 0 aromatic heterocycles. The summed E-state index contributed by atoms with van der Waals surface area (Å²) in [6.45, 7) is 7.13. The first-order valence-electron chi connectivity index (χ1n) is 11.0. The number of aliphatic imine (C=N–C) groups is 1. The maximum Gasteiger partial charge on any atom is 0.251 e. The number of nitrogens with one attached hydrogen (secondary N) is 2. The van der Waals surface area contributed by atoms with Gasteiger partial charge >= 0.3 is 0 Å². The zero-order valence-electron chi connectivity index (χ0n) is 18.4. The zero-order chi connectivity index (χ0) is 22.1. The van der Waals surface area contributed by atoms with E-state index in [1.165, 1.54) is 0 Å². The van der Waals surface area contributed by atoms with E-state index < -0.39 is 0 Å². The van der Waals surface area contributed by atoms with E-state index in [9.17, 15) is 9.59 Å². The number of amides is 2. The lowest BCUT2D eigenvalue weighted by molar-refractivity contribution is -0.142. The van der Waals surface area contributed by atoms with E-state index >= 15 is 0 Å². The van der Waals surface area contributed by atoms with Crippen LogP contribution < -0.4 is 15.4 Å². The van der Waals surface area contributed by atoms with Gasteiger partial charge in [0, 0.05) is 51.4 Å². The molecule has 3 rings (SSSR count). The summed E-state index contributed by atoms with van der Waals surface area (Å²) < 4.78 is 10.7. The van der Waals surface area contributed by atoms with E-state index in [-0.39, 0.29) is 17.9 Å². The smallest absolute Gasteiger partial charge is 0.251 e. The molecule has 1 atom stereocenters. The number of hydrogen-bond donors (Lipinski definition) is 2. The molecule has 2 aliphatic rings. The van der Waals surface area contributed by atoms with E-state index in [2.05, 4.69) is 20.5 Å². The normalized spacial score (nSPS) is 19.3. The van der Waals surface area contributed by atoms with Crippen LogP contribution in [0.1, 0.15) is 30.1 Å². The molecule has 1 aromatic rings. The molecule has 0 saturated carbocycles. The van der Waals surface area contributed by atoms with Crippen molar-refractivity contribution < 1.29 is 19.1 Å². The standard InChI is InChI=1S/C22H33N5O4/c1-3-23-22(25-10-9-24-20(28)17-6-4-7-18(16-17)30-2)27-13-11-26(12-14-27)21(29)19-8-5-15-31-19/h4,6-7,16,19H,3,5,8-15H2,1-2H3,(H,23,25)(H,24,28). The summed E-state index contributed by atoms with van der Waals surface area (Å²) in [5, 5.41) is 6.19. The van der Waals surface area contributed by atoms with Gasteiger partial charge in [-0.15, -0.1) is 0 Å². The molecule has 31 heavy (non-hydrogen) atoms. The van der Waals surface area contributed by atoms with Crippen LogP contribution in [0.3, 0.4) is 0 Å². The highest BCUT2D eigenvalue weighted by Gasteiger charge is 2.30. The van der Waals surface area contributed by atoms with Crippen LogP contribution in [0.4, 0.5) is 0 Å². The molecule has 2 amide bonds. The Kier molecular flexibility index (Phi) is 8.52. The molecule has 1 unspecified atom stereocenters. The fourth-order valence-corrected chi connectivity index (χ4v) is 3.74. The third-order valence-electron chi connectivity index (χ3n) is 5.42. The lowest BCUT2D eigenvalue weighted by Crippen LogP contribution is -2.55. The van der Waals surface area contributed by atoms with Crippen molar-refractivity contribution in [2.75, 3.05) is 59.5 Å². The van der Waals surface area contributed by atoms with E-state index in [1.54, 1.807) is 31.4 Å². The highest BCUT2D eigenvalue weighted by atomic mass is 16.5. The average molecular weight is 432 g/mol. The quantitative estimate of drug-likeness (QED) is 0.375. The molecule has 2 N–H and O–H groups in total. The van der Waals surface area contributed by atoms with Gasteiger partial charge in [-0.1, -0.05) is 6.07 Å². The van der Waals surface area contributed by atoms with Crippen LogP contribution in [-0.4, -0.2) is 93.2 Å². The first kappa shape index (κ1) is 22.9. The van der Waals surface area contributed by atoms with Crippen LogP contribution in [0.25, 0.3) is 0 Å². The minimum atomic E-state index is -0.262. The fraction of sp³-hybridized carbons (Fsp3) is 0.591. The van der Waals surface area contributed by atoms with Crippen molar-refractivity contribution in [2.45, 2.75) is 25.9 Å². The third kappa shape index (κ3) is 6.33.